The second-order valence-electron chi connectivity index (χ2n) is 4.59. The number of anilines is 1. The maximum absolute atomic E-state index is 12.8. The lowest BCUT2D eigenvalue weighted by molar-refractivity contribution is -0.137. The Bertz CT molecular complexity index is 475. The topological polar surface area (TPSA) is 41.1 Å². The summed E-state index contributed by atoms with van der Waals surface area (Å²) in [7, 11) is 0. The molecular weight excluding hydrogens is 337 g/mol. The summed E-state index contributed by atoms with van der Waals surface area (Å²) in [5, 5.41) is 5.33. The highest BCUT2D eigenvalue weighted by Crippen LogP contribution is 2.36. The lowest BCUT2D eigenvalue weighted by Crippen LogP contribution is -2.31. The van der Waals surface area contributed by atoms with Gasteiger partial charge in [0.25, 0.3) is 0 Å². The van der Waals surface area contributed by atoms with Crippen molar-refractivity contribution in [3.63, 3.8) is 0 Å². The van der Waals surface area contributed by atoms with E-state index in [4.69, 9.17) is 0 Å². The summed E-state index contributed by atoms with van der Waals surface area (Å²) in [6.45, 7) is 3.78. The van der Waals surface area contributed by atoms with Crippen LogP contribution in [0.25, 0.3) is 0 Å². The van der Waals surface area contributed by atoms with Crippen LogP contribution < -0.4 is 10.6 Å². The molecule has 0 aliphatic rings. The molecule has 0 saturated heterocycles. The Balaban J connectivity index is 2.68. The monoisotopic (exact) mass is 352 g/mol. The summed E-state index contributed by atoms with van der Waals surface area (Å²) < 4.78 is 39.0. The van der Waals surface area contributed by atoms with Gasteiger partial charge in [-0.2, -0.15) is 13.2 Å². The van der Waals surface area contributed by atoms with Crippen LogP contribution in [0, 0.1) is 0 Å². The second kappa shape index (κ2) is 6.97. The fraction of sp³-hybridized carbons (Fsp3) is 0.462. The van der Waals surface area contributed by atoms with E-state index in [1.807, 2.05) is 13.8 Å². The molecule has 0 aromatic heterocycles. The molecule has 0 atom stereocenters. The Morgan fingerprint density at radius 2 is 2.00 bits per heavy atom. The fourth-order valence-electron chi connectivity index (χ4n) is 1.61. The minimum Gasteiger partial charge on any atom is -0.384 e. The molecule has 0 unspecified atom stereocenters. The van der Waals surface area contributed by atoms with Crippen molar-refractivity contribution >= 4 is 27.5 Å². The highest BCUT2D eigenvalue weighted by atomic mass is 79.9. The molecule has 0 radical (unpaired) electrons. The Kier molecular flexibility index (Phi) is 5.86. The van der Waals surface area contributed by atoms with Gasteiger partial charge in [-0.1, -0.05) is 15.9 Å². The first-order valence-corrected chi connectivity index (χ1v) is 6.89. The summed E-state index contributed by atoms with van der Waals surface area (Å²) in [6.07, 6.45) is -4.31. The fourth-order valence-corrected chi connectivity index (χ4v) is 1.98. The summed E-state index contributed by atoms with van der Waals surface area (Å²) in [6, 6.07) is 3.70. The molecule has 0 heterocycles. The Labute approximate surface area is 124 Å². The molecule has 20 heavy (non-hydrogen) atoms. The number of alkyl halides is 3. The van der Waals surface area contributed by atoms with Crippen LogP contribution in [0.15, 0.2) is 22.7 Å². The van der Waals surface area contributed by atoms with Gasteiger partial charge in [-0.25, -0.2) is 0 Å². The highest BCUT2D eigenvalue weighted by Gasteiger charge is 2.33. The number of carbonyl (C=O) groups is 1. The molecule has 7 heteroatoms. The van der Waals surface area contributed by atoms with Crippen LogP contribution >= 0.6 is 15.9 Å². The van der Waals surface area contributed by atoms with Gasteiger partial charge >= 0.3 is 6.18 Å². The van der Waals surface area contributed by atoms with E-state index in [-0.39, 0.29) is 30.6 Å². The normalized spacial score (nSPS) is 11.6. The molecule has 0 aliphatic carbocycles. The van der Waals surface area contributed by atoms with Crippen LogP contribution in [0.2, 0.25) is 0 Å². The smallest absolute Gasteiger partial charge is 0.384 e. The summed E-state index contributed by atoms with van der Waals surface area (Å²) in [4.78, 5) is 11.4. The van der Waals surface area contributed by atoms with E-state index in [1.165, 1.54) is 12.1 Å². The zero-order chi connectivity index (χ0) is 15.3. The maximum atomic E-state index is 12.8. The predicted molar refractivity (Wildman–Crippen MR) is 75.5 cm³/mol. The van der Waals surface area contributed by atoms with Crippen LogP contribution in [0.3, 0.4) is 0 Å². The van der Waals surface area contributed by atoms with E-state index in [1.54, 1.807) is 0 Å². The van der Waals surface area contributed by atoms with Gasteiger partial charge in [-0.3, -0.25) is 4.79 Å². The molecule has 112 valence electrons. The predicted octanol–water partition coefficient (Wildman–Crippen LogP) is 3.79. The van der Waals surface area contributed by atoms with Crippen molar-refractivity contribution in [3.05, 3.63) is 28.2 Å². The Morgan fingerprint density at radius 1 is 1.35 bits per heavy atom. The van der Waals surface area contributed by atoms with E-state index in [0.29, 0.717) is 4.47 Å². The van der Waals surface area contributed by atoms with Crippen LogP contribution in [0.1, 0.15) is 25.8 Å². The number of nitrogens with one attached hydrogen (secondary N) is 2. The zero-order valence-corrected chi connectivity index (χ0v) is 12.7. The quantitative estimate of drug-likeness (QED) is 0.846. The van der Waals surface area contributed by atoms with Crippen molar-refractivity contribution in [2.24, 2.45) is 0 Å². The second-order valence-corrected chi connectivity index (χ2v) is 5.50. The van der Waals surface area contributed by atoms with Gasteiger partial charge in [0.2, 0.25) is 5.91 Å². The lowest BCUT2D eigenvalue weighted by Gasteiger charge is -2.15. The van der Waals surface area contributed by atoms with Gasteiger partial charge in [0.15, 0.2) is 0 Å². The first kappa shape index (κ1) is 16.8. The maximum Gasteiger partial charge on any atom is 0.418 e. The lowest BCUT2D eigenvalue weighted by atomic mass is 10.1. The Hall–Kier alpha value is -1.24. The first-order valence-electron chi connectivity index (χ1n) is 6.10. The molecule has 3 nitrogen and oxygen atoms in total. The minimum atomic E-state index is -4.43. The molecule has 0 bridgehead atoms. The number of hydrogen-bond donors (Lipinski definition) is 2. The summed E-state index contributed by atoms with van der Waals surface area (Å²) >= 11 is 3.13. The van der Waals surface area contributed by atoms with Gasteiger partial charge in [-0.15, -0.1) is 0 Å². The van der Waals surface area contributed by atoms with E-state index in [0.717, 1.165) is 6.07 Å². The van der Waals surface area contributed by atoms with Crippen molar-refractivity contribution in [2.75, 3.05) is 11.9 Å². The zero-order valence-electron chi connectivity index (χ0n) is 11.1. The highest BCUT2D eigenvalue weighted by molar-refractivity contribution is 9.10. The number of carbonyl (C=O) groups excluding carboxylic acids is 1. The third-order valence-electron chi connectivity index (χ3n) is 2.40. The van der Waals surface area contributed by atoms with E-state index < -0.39 is 11.7 Å². The number of benzene rings is 1. The number of halogens is 4. The van der Waals surface area contributed by atoms with Crippen LogP contribution in [0.4, 0.5) is 18.9 Å². The molecular formula is C13H16BrF3N2O. The first-order chi connectivity index (χ1) is 9.20. The third kappa shape index (κ3) is 5.40. The number of hydrogen-bond acceptors (Lipinski definition) is 2. The van der Waals surface area contributed by atoms with Gasteiger partial charge in [0, 0.05) is 29.2 Å². The molecule has 2 N–H and O–H groups in total. The van der Waals surface area contributed by atoms with Crippen LogP contribution in [0.5, 0.6) is 0 Å². The Morgan fingerprint density at radius 3 is 2.55 bits per heavy atom. The molecule has 1 aromatic carbocycles. The largest absolute Gasteiger partial charge is 0.418 e. The molecule has 0 spiro atoms. The van der Waals surface area contributed by atoms with E-state index in [9.17, 15) is 18.0 Å². The summed E-state index contributed by atoms with van der Waals surface area (Å²) in [5.41, 5.74) is -0.783. The van der Waals surface area contributed by atoms with E-state index >= 15 is 0 Å². The average molecular weight is 353 g/mol. The van der Waals surface area contributed by atoms with Crippen molar-refractivity contribution < 1.29 is 18.0 Å². The van der Waals surface area contributed by atoms with E-state index in [2.05, 4.69) is 26.6 Å². The number of rotatable bonds is 5. The van der Waals surface area contributed by atoms with Gasteiger partial charge in [0.05, 0.1) is 5.56 Å². The van der Waals surface area contributed by atoms with Gasteiger partial charge in [0.1, 0.15) is 0 Å². The van der Waals surface area contributed by atoms with Crippen molar-refractivity contribution in [1.29, 1.82) is 0 Å². The van der Waals surface area contributed by atoms with Crippen molar-refractivity contribution in [2.45, 2.75) is 32.5 Å². The SMILES string of the molecule is CC(C)NC(=O)CCNc1cc(Br)ccc1C(F)(F)F. The molecule has 1 aromatic rings. The molecule has 1 amide bonds. The number of amides is 1. The standard InChI is InChI=1S/C13H16BrF3N2O/c1-8(2)19-12(20)5-6-18-11-7-9(14)3-4-10(11)13(15,16)17/h3-4,7-8,18H,5-6H2,1-2H3,(H,19,20). The molecule has 1 rings (SSSR count). The molecule has 0 fully saturated rings. The van der Waals surface area contributed by atoms with Crippen molar-refractivity contribution in [1.82, 2.24) is 5.32 Å². The van der Waals surface area contributed by atoms with Gasteiger partial charge in [-0.05, 0) is 32.0 Å². The molecule has 0 saturated carbocycles. The summed E-state index contributed by atoms with van der Waals surface area (Å²) in [5.74, 6) is -0.198. The third-order valence-corrected chi connectivity index (χ3v) is 2.90. The van der Waals surface area contributed by atoms with Gasteiger partial charge < -0.3 is 10.6 Å². The molecule has 0 aliphatic heterocycles. The van der Waals surface area contributed by atoms with Crippen LogP contribution in [-0.4, -0.2) is 18.5 Å². The van der Waals surface area contributed by atoms with Crippen LogP contribution in [-0.2, 0) is 11.0 Å². The minimum absolute atomic E-state index is 0.0131. The van der Waals surface area contributed by atoms with Crippen molar-refractivity contribution in [3.8, 4) is 0 Å². The average Bonchev–Trinajstić information content (AvgIpc) is 2.26.